The third kappa shape index (κ3) is 2.33. The zero-order valence-corrected chi connectivity index (χ0v) is 12.4. The van der Waals surface area contributed by atoms with Crippen molar-refractivity contribution in [3.8, 4) is 0 Å². The van der Waals surface area contributed by atoms with Gasteiger partial charge in [0.05, 0.1) is 30.5 Å². The summed E-state index contributed by atoms with van der Waals surface area (Å²) < 4.78 is 10.3. The summed E-state index contributed by atoms with van der Waals surface area (Å²) in [4.78, 5) is 28.4. The summed E-state index contributed by atoms with van der Waals surface area (Å²) in [6, 6.07) is 1.81. The maximum atomic E-state index is 12.6. The fourth-order valence-electron chi connectivity index (χ4n) is 3.42. The molecule has 6 heteroatoms. The molecule has 2 fully saturated rings. The average Bonchev–Trinajstić information content (AvgIpc) is 3.12. The lowest BCUT2D eigenvalue weighted by Crippen LogP contribution is -2.40. The Morgan fingerprint density at radius 1 is 1.48 bits per heavy atom. The smallest absolute Gasteiger partial charge is 0.257 e. The van der Waals surface area contributed by atoms with Gasteiger partial charge in [-0.05, 0) is 19.4 Å². The van der Waals surface area contributed by atoms with Crippen LogP contribution in [0.25, 0.3) is 0 Å². The van der Waals surface area contributed by atoms with Gasteiger partial charge in [-0.2, -0.15) is 0 Å². The van der Waals surface area contributed by atoms with E-state index in [0.29, 0.717) is 37.4 Å². The first-order valence-electron chi connectivity index (χ1n) is 7.27. The summed E-state index contributed by atoms with van der Waals surface area (Å²) in [5, 5.41) is 0. The molecule has 0 bridgehead atoms. The van der Waals surface area contributed by atoms with Crippen LogP contribution in [-0.2, 0) is 9.53 Å². The van der Waals surface area contributed by atoms with E-state index in [1.54, 1.807) is 20.1 Å². The Kier molecular flexibility index (Phi) is 3.71. The fraction of sp³-hybridized carbons (Fsp3) is 0.600. The number of nitrogens with zero attached hydrogens (tertiary/aromatic N) is 2. The summed E-state index contributed by atoms with van der Waals surface area (Å²) in [6.45, 7) is 3.61. The topological polar surface area (TPSA) is 63.0 Å². The van der Waals surface area contributed by atoms with Crippen molar-refractivity contribution < 1.29 is 18.7 Å². The summed E-state index contributed by atoms with van der Waals surface area (Å²) in [7, 11) is 1.63. The van der Waals surface area contributed by atoms with Crippen LogP contribution in [0.15, 0.2) is 16.7 Å². The minimum absolute atomic E-state index is 0.0174. The Bertz CT molecular complexity index is 554. The van der Waals surface area contributed by atoms with E-state index in [0.717, 1.165) is 6.42 Å². The Labute approximate surface area is 123 Å². The van der Waals surface area contributed by atoms with Crippen molar-refractivity contribution in [1.82, 2.24) is 9.80 Å². The van der Waals surface area contributed by atoms with E-state index in [1.165, 1.54) is 6.26 Å². The standard InChI is InChI=1S/C15H20N2O4/c1-10-11(4-7-21-10)15(19)17-5-3-12-13(17)9-14(18)16(12)6-8-20-2/h4,7,12-13H,3,5-6,8-9H2,1-2H3/t12-,13-/m1/s1. The monoisotopic (exact) mass is 292 g/mol. The first kappa shape index (κ1) is 14.1. The highest BCUT2D eigenvalue weighted by Crippen LogP contribution is 2.33. The number of fused-ring (bicyclic) bond motifs is 1. The van der Waals surface area contributed by atoms with Gasteiger partial charge in [-0.3, -0.25) is 9.59 Å². The van der Waals surface area contributed by atoms with Crippen molar-refractivity contribution in [3.05, 3.63) is 23.7 Å². The van der Waals surface area contributed by atoms with E-state index in [2.05, 4.69) is 0 Å². The first-order chi connectivity index (χ1) is 10.1. The quantitative estimate of drug-likeness (QED) is 0.832. The highest BCUT2D eigenvalue weighted by atomic mass is 16.5. The van der Waals surface area contributed by atoms with E-state index < -0.39 is 0 Å². The second-order valence-corrected chi connectivity index (χ2v) is 5.60. The maximum absolute atomic E-state index is 12.6. The summed E-state index contributed by atoms with van der Waals surface area (Å²) in [6.07, 6.45) is 2.78. The number of amides is 2. The average molecular weight is 292 g/mol. The number of carbonyl (C=O) groups excluding carboxylic acids is 2. The third-order valence-electron chi connectivity index (χ3n) is 4.50. The molecule has 0 unspecified atom stereocenters. The van der Waals surface area contributed by atoms with Gasteiger partial charge >= 0.3 is 0 Å². The molecular formula is C15H20N2O4. The van der Waals surface area contributed by atoms with Gasteiger partial charge in [-0.25, -0.2) is 0 Å². The first-order valence-corrected chi connectivity index (χ1v) is 7.27. The molecule has 0 aromatic carbocycles. The van der Waals surface area contributed by atoms with Crippen LogP contribution in [0.3, 0.4) is 0 Å². The molecule has 2 amide bonds. The van der Waals surface area contributed by atoms with Gasteiger partial charge in [-0.1, -0.05) is 0 Å². The minimum atomic E-state index is -0.0323. The molecule has 21 heavy (non-hydrogen) atoms. The van der Waals surface area contributed by atoms with Gasteiger partial charge in [0.15, 0.2) is 0 Å². The van der Waals surface area contributed by atoms with Crippen molar-refractivity contribution in [2.24, 2.45) is 0 Å². The molecule has 2 aliphatic heterocycles. The van der Waals surface area contributed by atoms with Crippen molar-refractivity contribution in [3.63, 3.8) is 0 Å². The number of aryl methyl sites for hydroxylation is 1. The van der Waals surface area contributed by atoms with Gasteiger partial charge in [0.25, 0.3) is 5.91 Å². The van der Waals surface area contributed by atoms with Gasteiger partial charge < -0.3 is 19.0 Å². The molecule has 6 nitrogen and oxygen atoms in total. The van der Waals surface area contributed by atoms with Crippen molar-refractivity contribution in [2.45, 2.75) is 31.8 Å². The molecule has 2 atom stereocenters. The van der Waals surface area contributed by atoms with Crippen LogP contribution in [0.1, 0.15) is 29.0 Å². The molecular weight excluding hydrogens is 272 g/mol. The lowest BCUT2D eigenvalue weighted by atomic mass is 10.1. The second kappa shape index (κ2) is 5.52. The van der Waals surface area contributed by atoms with Crippen LogP contribution in [0.4, 0.5) is 0 Å². The Morgan fingerprint density at radius 2 is 2.29 bits per heavy atom. The molecule has 0 spiro atoms. The normalized spacial score (nSPS) is 24.8. The van der Waals surface area contributed by atoms with Crippen LogP contribution in [0.5, 0.6) is 0 Å². The van der Waals surface area contributed by atoms with Crippen molar-refractivity contribution >= 4 is 11.8 Å². The second-order valence-electron chi connectivity index (χ2n) is 5.60. The number of likely N-dealkylation sites (tertiary alicyclic amines) is 2. The van der Waals surface area contributed by atoms with E-state index >= 15 is 0 Å². The predicted octanol–water partition coefficient (Wildman–Crippen LogP) is 1.05. The van der Waals surface area contributed by atoms with Crippen molar-refractivity contribution in [1.29, 1.82) is 0 Å². The van der Waals surface area contributed by atoms with E-state index in [1.807, 2.05) is 9.80 Å². The van der Waals surface area contributed by atoms with Gasteiger partial charge in [0, 0.05) is 26.6 Å². The minimum Gasteiger partial charge on any atom is -0.469 e. The highest BCUT2D eigenvalue weighted by molar-refractivity contribution is 5.96. The zero-order valence-electron chi connectivity index (χ0n) is 12.4. The lowest BCUT2D eigenvalue weighted by molar-refractivity contribution is -0.129. The lowest BCUT2D eigenvalue weighted by Gasteiger charge is -2.25. The maximum Gasteiger partial charge on any atom is 0.257 e. The molecule has 2 aliphatic rings. The molecule has 0 aliphatic carbocycles. The molecule has 0 N–H and O–H groups in total. The van der Waals surface area contributed by atoms with Crippen LogP contribution >= 0.6 is 0 Å². The van der Waals surface area contributed by atoms with Gasteiger partial charge in [-0.15, -0.1) is 0 Å². The Hall–Kier alpha value is -1.82. The molecule has 3 rings (SSSR count). The Balaban J connectivity index is 1.75. The van der Waals surface area contributed by atoms with Crippen LogP contribution in [-0.4, -0.2) is 60.5 Å². The molecule has 1 aromatic rings. The molecule has 2 saturated heterocycles. The summed E-state index contributed by atoms with van der Waals surface area (Å²) in [5.74, 6) is 0.711. The number of rotatable bonds is 4. The Morgan fingerprint density at radius 3 is 2.95 bits per heavy atom. The van der Waals surface area contributed by atoms with Crippen molar-refractivity contribution in [2.75, 3.05) is 26.8 Å². The molecule has 0 radical (unpaired) electrons. The number of methoxy groups -OCH3 is 1. The summed E-state index contributed by atoms with van der Waals surface area (Å²) >= 11 is 0. The van der Waals surface area contributed by atoms with E-state index in [4.69, 9.17) is 9.15 Å². The van der Waals surface area contributed by atoms with Crippen LogP contribution < -0.4 is 0 Å². The number of hydrogen-bond acceptors (Lipinski definition) is 4. The van der Waals surface area contributed by atoms with Crippen LogP contribution in [0.2, 0.25) is 0 Å². The number of furan rings is 1. The summed E-state index contributed by atoms with van der Waals surface area (Å²) in [5.41, 5.74) is 0.596. The molecule has 0 saturated carbocycles. The highest BCUT2D eigenvalue weighted by Gasteiger charge is 2.48. The van der Waals surface area contributed by atoms with Crippen LogP contribution in [0, 0.1) is 6.92 Å². The third-order valence-corrected chi connectivity index (χ3v) is 4.50. The van der Waals surface area contributed by atoms with E-state index in [-0.39, 0.29) is 23.9 Å². The fourth-order valence-corrected chi connectivity index (χ4v) is 3.42. The largest absolute Gasteiger partial charge is 0.469 e. The molecule has 114 valence electrons. The SMILES string of the molecule is COCCN1C(=O)C[C@@H]2[C@H]1CCN2C(=O)c1ccoc1C. The molecule has 1 aromatic heterocycles. The number of carbonyl (C=O) groups is 2. The molecule has 3 heterocycles. The number of ether oxygens (including phenoxy) is 1. The zero-order chi connectivity index (χ0) is 15.0. The van der Waals surface area contributed by atoms with Gasteiger partial charge in [0.1, 0.15) is 5.76 Å². The van der Waals surface area contributed by atoms with Gasteiger partial charge in [0.2, 0.25) is 5.91 Å². The number of hydrogen-bond donors (Lipinski definition) is 0. The van der Waals surface area contributed by atoms with E-state index in [9.17, 15) is 9.59 Å². The predicted molar refractivity (Wildman–Crippen MR) is 74.9 cm³/mol.